The van der Waals surface area contributed by atoms with Crippen LogP contribution in [0.1, 0.15) is 13.3 Å². The first-order chi connectivity index (χ1) is 9.69. The van der Waals surface area contributed by atoms with Crippen molar-refractivity contribution in [2.24, 2.45) is 5.92 Å². The van der Waals surface area contributed by atoms with Crippen LogP contribution in [0.3, 0.4) is 0 Å². The number of carbonyl (C=O) groups is 1. The van der Waals surface area contributed by atoms with Crippen molar-refractivity contribution in [1.82, 2.24) is 4.72 Å². The molecular formula is C12H15BrClNO5S. The van der Waals surface area contributed by atoms with Crippen LogP contribution in [0.4, 0.5) is 0 Å². The smallest absolute Gasteiger partial charge is 0.306 e. The third-order valence-corrected chi connectivity index (χ3v) is 5.03. The van der Waals surface area contributed by atoms with Crippen LogP contribution in [0.2, 0.25) is 5.02 Å². The van der Waals surface area contributed by atoms with E-state index in [0.717, 1.165) is 0 Å². The molecule has 1 unspecified atom stereocenters. The van der Waals surface area contributed by atoms with E-state index in [2.05, 4.69) is 20.7 Å². The summed E-state index contributed by atoms with van der Waals surface area (Å²) in [5, 5.41) is 9.00. The van der Waals surface area contributed by atoms with Crippen molar-refractivity contribution in [2.75, 3.05) is 13.7 Å². The van der Waals surface area contributed by atoms with Crippen molar-refractivity contribution < 1.29 is 23.1 Å². The second-order valence-electron chi connectivity index (χ2n) is 4.34. The Labute approximate surface area is 136 Å². The fourth-order valence-corrected chi connectivity index (χ4v) is 3.98. The molecule has 6 nitrogen and oxygen atoms in total. The monoisotopic (exact) mass is 399 g/mol. The van der Waals surface area contributed by atoms with E-state index in [1.807, 2.05) is 0 Å². The van der Waals surface area contributed by atoms with Gasteiger partial charge in [0.2, 0.25) is 10.0 Å². The molecule has 9 heteroatoms. The molecule has 0 bridgehead atoms. The van der Waals surface area contributed by atoms with E-state index in [1.165, 1.54) is 26.2 Å². The van der Waals surface area contributed by atoms with Gasteiger partial charge in [0, 0.05) is 11.6 Å². The minimum Gasteiger partial charge on any atom is -0.494 e. The van der Waals surface area contributed by atoms with Crippen molar-refractivity contribution in [3.05, 3.63) is 21.6 Å². The maximum absolute atomic E-state index is 12.2. The third kappa shape index (κ3) is 4.84. The molecule has 0 aliphatic carbocycles. The molecule has 1 aromatic rings. The number of hydrogen-bond donors (Lipinski definition) is 2. The normalized spacial score (nSPS) is 13.0. The molecule has 0 spiro atoms. The van der Waals surface area contributed by atoms with Gasteiger partial charge in [0.1, 0.15) is 4.90 Å². The second-order valence-corrected chi connectivity index (χ2v) is 7.37. The van der Waals surface area contributed by atoms with Gasteiger partial charge in [-0.2, -0.15) is 0 Å². The largest absolute Gasteiger partial charge is 0.494 e. The molecule has 1 rings (SSSR count). The van der Waals surface area contributed by atoms with Gasteiger partial charge in [-0.05, 0) is 34.5 Å². The highest BCUT2D eigenvalue weighted by Crippen LogP contribution is 2.35. The quantitative estimate of drug-likeness (QED) is 0.733. The van der Waals surface area contributed by atoms with Crippen LogP contribution in [0.5, 0.6) is 5.75 Å². The number of sulfonamides is 1. The molecular weight excluding hydrogens is 386 g/mol. The number of halogens is 2. The number of aliphatic carboxylic acids is 1. The minimum atomic E-state index is -3.85. The van der Waals surface area contributed by atoms with E-state index < -0.39 is 21.9 Å². The Balaban J connectivity index is 2.96. The van der Waals surface area contributed by atoms with Crippen molar-refractivity contribution in [3.63, 3.8) is 0 Å². The van der Waals surface area contributed by atoms with Gasteiger partial charge in [0.05, 0.1) is 17.5 Å². The van der Waals surface area contributed by atoms with Crippen LogP contribution >= 0.6 is 27.5 Å². The van der Waals surface area contributed by atoms with Gasteiger partial charge in [0.25, 0.3) is 0 Å². The van der Waals surface area contributed by atoms with Crippen molar-refractivity contribution in [1.29, 1.82) is 0 Å². The Morgan fingerprint density at radius 1 is 1.52 bits per heavy atom. The fraction of sp³-hybridized carbons (Fsp3) is 0.417. The summed E-state index contributed by atoms with van der Waals surface area (Å²) in [6.45, 7) is 1.51. The Morgan fingerprint density at radius 2 is 2.14 bits per heavy atom. The van der Waals surface area contributed by atoms with Crippen LogP contribution in [-0.2, 0) is 14.8 Å². The number of methoxy groups -OCH3 is 1. The molecule has 0 aromatic heterocycles. The molecule has 0 heterocycles. The third-order valence-electron chi connectivity index (χ3n) is 2.76. The first-order valence-corrected chi connectivity index (χ1v) is 8.60. The van der Waals surface area contributed by atoms with Crippen LogP contribution in [0, 0.1) is 5.92 Å². The van der Waals surface area contributed by atoms with E-state index in [9.17, 15) is 13.2 Å². The first-order valence-electron chi connectivity index (χ1n) is 5.94. The second kappa shape index (κ2) is 7.44. The summed E-state index contributed by atoms with van der Waals surface area (Å²) in [5.74, 6) is -1.48. The molecule has 118 valence electrons. The van der Waals surface area contributed by atoms with Gasteiger partial charge >= 0.3 is 5.97 Å². The summed E-state index contributed by atoms with van der Waals surface area (Å²) >= 11 is 9.04. The summed E-state index contributed by atoms with van der Waals surface area (Å²) in [4.78, 5) is 10.6. The van der Waals surface area contributed by atoms with Crippen molar-refractivity contribution in [2.45, 2.75) is 18.2 Å². The standard InChI is InChI=1S/C12H15BrClNO5S/c1-7(12(16)17)3-4-15-21(18,19)10-6-8(14)5-9(13)11(10)20-2/h5-7,15H,3-4H2,1-2H3,(H,16,17). The number of rotatable bonds is 7. The zero-order chi connectivity index (χ0) is 16.2. The minimum absolute atomic E-state index is 0.00306. The van der Waals surface area contributed by atoms with E-state index in [1.54, 1.807) is 0 Å². The lowest BCUT2D eigenvalue weighted by molar-refractivity contribution is -0.141. The van der Waals surface area contributed by atoms with Gasteiger partial charge in [-0.15, -0.1) is 0 Å². The highest BCUT2D eigenvalue weighted by Gasteiger charge is 2.23. The zero-order valence-corrected chi connectivity index (χ0v) is 14.5. The Morgan fingerprint density at radius 3 is 2.67 bits per heavy atom. The molecule has 1 aromatic carbocycles. The predicted molar refractivity (Wildman–Crippen MR) is 82.3 cm³/mol. The Kier molecular flexibility index (Phi) is 6.45. The number of benzene rings is 1. The van der Waals surface area contributed by atoms with E-state index in [-0.39, 0.29) is 28.6 Å². The van der Waals surface area contributed by atoms with Gasteiger partial charge < -0.3 is 9.84 Å². The molecule has 0 saturated carbocycles. The van der Waals surface area contributed by atoms with Crippen molar-refractivity contribution in [3.8, 4) is 5.75 Å². The van der Waals surface area contributed by atoms with Crippen LogP contribution < -0.4 is 9.46 Å². The molecule has 0 amide bonds. The SMILES string of the molecule is COc1c(Br)cc(Cl)cc1S(=O)(=O)NCCC(C)C(=O)O. The molecule has 0 radical (unpaired) electrons. The topological polar surface area (TPSA) is 92.7 Å². The first kappa shape index (κ1) is 18.2. The average Bonchev–Trinajstić information content (AvgIpc) is 2.37. The molecule has 21 heavy (non-hydrogen) atoms. The van der Waals surface area contributed by atoms with Crippen LogP contribution in [-0.4, -0.2) is 33.1 Å². The highest BCUT2D eigenvalue weighted by atomic mass is 79.9. The highest BCUT2D eigenvalue weighted by molar-refractivity contribution is 9.10. The maximum Gasteiger partial charge on any atom is 0.306 e. The molecule has 0 aliphatic heterocycles. The van der Waals surface area contributed by atoms with E-state index in [0.29, 0.717) is 4.47 Å². The summed E-state index contributed by atoms with van der Waals surface area (Å²) in [5.41, 5.74) is 0. The molecule has 2 N–H and O–H groups in total. The molecule has 1 atom stereocenters. The van der Waals surface area contributed by atoms with Gasteiger partial charge in [-0.25, -0.2) is 13.1 Å². The molecule has 0 aliphatic rings. The van der Waals surface area contributed by atoms with E-state index >= 15 is 0 Å². The number of carboxylic acids is 1. The number of ether oxygens (including phenoxy) is 1. The number of carboxylic acid groups (broad SMARTS) is 1. The summed E-state index contributed by atoms with van der Waals surface area (Å²) < 4.78 is 32.3. The molecule has 0 fully saturated rings. The Hall–Kier alpha value is -0.830. The predicted octanol–water partition coefficient (Wildman–Crippen LogP) is 2.50. The lowest BCUT2D eigenvalue weighted by Crippen LogP contribution is -2.27. The summed E-state index contributed by atoms with van der Waals surface area (Å²) in [6, 6.07) is 2.79. The van der Waals surface area contributed by atoms with Crippen molar-refractivity contribution >= 4 is 43.5 Å². The summed E-state index contributed by atoms with van der Waals surface area (Å²) in [6.07, 6.45) is 0.179. The lowest BCUT2D eigenvalue weighted by atomic mass is 10.1. The van der Waals surface area contributed by atoms with Gasteiger partial charge in [0.15, 0.2) is 5.75 Å². The summed E-state index contributed by atoms with van der Waals surface area (Å²) in [7, 11) is -2.51. The zero-order valence-electron chi connectivity index (χ0n) is 11.4. The van der Waals surface area contributed by atoms with Crippen LogP contribution in [0.25, 0.3) is 0 Å². The number of hydrogen-bond acceptors (Lipinski definition) is 4. The maximum atomic E-state index is 12.2. The lowest BCUT2D eigenvalue weighted by Gasteiger charge is -2.13. The Bertz CT molecular complexity index is 635. The van der Waals surface area contributed by atoms with Gasteiger partial charge in [-0.1, -0.05) is 18.5 Å². The van der Waals surface area contributed by atoms with Crippen LogP contribution in [0.15, 0.2) is 21.5 Å². The number of nitrogens with one attached hydrogen (secondary N) is 1. The van der Waals surface area contributed by atoms with Gasteiger partial charge in [-0.3, -0.25) is 4.79 Å². The fourth-order valence-electron chi connectivity index (χ4n) is 1.55. The molecule has 0 saturated heterocycles. The average molecular weight is 401 g/mol. The van der Waals surface area contributed by atoms with E-state index in [4.69, 9.17) is 21.4 Å².